The van der Waals surface area contributed by atoms with Crippen molar-refractivity contribution in [2.75, 3.05) is 0 Å². The number of amides is 1. The average molecular weight is 429 g/mol. The van der Waals surface area contributed by atoms with Crippen molar-refractivity contribution in [2.45, 2.75) is 23.9 Å². The molecule has 0 heterocycles. The van der Waals surface area contributed by atoms with E-state index in [2.05, 4.69) is 10.0 Å². The molecule has 0 bridgehead atoms. The maximum Gasteiger partial charge on any atom is 0.241 e. The minimum Gasteiger partial charge on any atom is -0.351 e. The third-order valence-electron chi connectivity index (χ3n) is 4.33. The van der Waals surface area contributed by atoms with Crippen LogP contribution < -0.4 is 10.0 Å². The molecular formula is C22H21ClN2O3S. The average Bonchev–Trinajstić information content (AvgIpc) is 2.74. The fraction of sp³-hybridized carbons (Fsp3) is 0.136. The molecule has 3 aromatic carbocycles. The van der Waals surface area contributed by atoms with E-state index in [1.807, 2.05) is 42.5 Å². The Morgan fingerprint density at radius 3 is 2.03 bits per heavy atom. The van der Waals surface area contributed by atoms with Crippen molar-refractivity contribution in [2.24, 2.45) is 0 Å². The van der Waals surface area contributed by atoms with Crippen molar-refractivity contribution in [1.29, 1.82) is 0 Å². The first-order chi connectivity index (χ1) is 13.9. The van der Waals surface area contributed by atoms with Crippen molar-refractivity contribution in [3.05, 3.63) is 101 Å². The second kappa shape index (κ2) is 9.69. The van der Waals surface area contributed by atoms with Crippen LogP contribution in [0.25, 0.3) is 0 Å². The van der Waals surface area contributed by atoms with Gasteiger partial charge in [0.15, 0.2) is 0 Å². The Labute approximate surface area is 175 Å². The van der Waals surface area contributed by atoms with Gasteiger partial charge in [-0.2, -0.15) is 4.72 Å². The van der Waals surface area contributed by atoms with Crippen molar-refractivity contribution < 1.29 is 13.2 Å². The summed E-state index contributed by atoms with van der Waals surface area (Å²) in [5, 5.41) is 3.41. The fourth-order valence-corrected chi connectivity index (χ4v) is 4.15. The predicted octanol–water partition coefficient (Wildman–Crippen LogP) is 3.55. The van der Waals surface area contributed by atoms with Crippen LogP contribution in [0.3, 0.4) is 0 Å². The molecule has 3 rings (SSSR count). The highest BCUT2D eigenvalue weighted by Crippen LogP contribution is 2.12. The van der Waals surface area contributed by atoms with Gasteiger partial charge in [-0.1, -0.05) is 72.3 Å². The summed E-state index contributed by atoms with van der Waals surface area (Å²) in [6, 6.07) is 23.4. The highest BCUT2D eigenvalue weighted by Gasteiger charge is 2.25. The van der Waals surface area contributed by atoms with Crippen LogP contribution in [0.1, 0.15) is 11.1 Å². The lowest BCUT2D eigenvalue weighted by Gasteiger charge is -2.19. The number of nitrogens with one attached hydrogen (secondary N) is 2. The van der Waals surface area contributed by atoms with E-state index in [0.717, 1.165) is 11.1 Å². The molecule has 7 heteroatoms. The lowest BCUT2D eigenvalue weighted by atomic mass is 10.1. The first-order valence-electron chi connectivity index (χ1n) is 9.07. The van der Waals surface area contributed by atoms with E-state index >= 15 is 0 Å². The molecule has 0 aliphatic carbocycles. The SMILES string of the molecule is O=C(NCc1ccc(Cl)cc1)[C@H](Cc1ccccc1)NS(=O)(=O)c1ccccc1. The van der Waals surface area contributed by atoms with E-state index in [9.17, 15) is 13.2 Å². The summed E-state index contributed by atoms with van der Waals surface area (Å²) >= 11 is 5.88. The van der Waals surface area contributed by atoms with Gasteiger partial charge in [0.05, 0.1) is 4.90 Å². The highest BCUT2D eigenvalue weighted by molar-refractivity contribution is 7.89. The van der Waals surface area contributed by atoms with Crippen molar-refractivity contribution in [3.63, 3.8) is 0 Å². The molecule has 0 saturated carbocycles. The van der Waals surface area contributed by atoms with Crippen LogP contribution in [0.15, 0.2) is 89.8 Å². The summed E-state index contributed by atoms with van der Waals surface area (Å²) in [6.07, 6.45) is 0.235. The lowest BCUT2D eigenvalue weighted by molar-refractivity contribution is -0.122. The van der Waals surface area contributed by atoms with Gasteiger partial charge in [0.1, 0.15) is 6.04 Å². The summed E-state index contributed by atoms with van der Waals surface area (Å²) in [4.78, 5) is 12.9. The molecule has 29 heavy (non-hydrogen) atoms. The monoisotopic (exact) mass is 428 g/mol. The molecule has 1 atom stereocenters. The number of halogens is 1. The van der Waals surface area contributed by atoms with Crippen LogP contribution in [-0.2, 0) is 27.8 Å². The third kappa shape index (κ3) is 6.15. The van der Waals surface area contributed by atoms with Gasteiger partial charge in [0, 0.05) is 11.6 Å². The molecule has 3 aromatic rings. The molecule has 0 saturated heterocycles. The number of sulfonamides is 1. The largest absolute Gasteiger partial charge is 0.351 e. The van der Waals surface area contributed by atoms with Crippen molar-refractivity contribution in [1.82, 2.24) is 10.0 Å². The van der Waals surface area contributed by atoms with Gasteiger partial charge in [0.25, 0.3) is 0 Å². The summed E-state index contributed by atoms with van der Waals surface area (Å²) < 4.78 is 28.0. The molecular weight excluding hydrogens is 408 g/mol. The third-order valence-corrected chi connectivity index (χ3v) is 6.07. The molecule has 0 aliphatic rings. The van der Waals surface area contributed by atoms with Gasteiger partial charge in [-0.05, 0) is 41.8 Å². The van der Waals surface area contributed by atoms with Gasteiger partial charge in [-0.15, -0.1) is 0 Å². The van der Waals surface area contributed by atoms with E-state index in [1.54, 1.807) is 30.3 Å². The molecule has 0 fully saturated rings. The molecule has 5 nitrogen and oxygen atoms in total. The van der Waals surface area contributed by atoms with E-state index < -0.39 is 22.0 Å². The van der Waals surface area contributed by atoms with Crippen LogP contribution in [0.2, 0.25) is 5.02 Å². The molecule has 1 amide bonds. The lowest BCUT2D eigenvalue weighted by Crippen LogP contribution is -2.47. The van der Waals surface area contributed by atoms with Crippen LogP contribution in [0.4, 0.5) is 0 Å². The van der Waals surface area contributed by atoms with Crippen LogP contribution in [0, 0.1) is 0 Å². The molecule has 0 spiro atoms. The summed E-state index contributed by atoms with van der Waals surface area (Å²) in [6.45, 7) is 0.272. The summed E-state index contributed by atoms with van der Waals surface area (Å²) in [5.41, 5.74) is 1.72. The first kappa shape index (κ1) is 21.0. The zero-order valence-electron chi connectivity index (χ0n) is 15.6. The second-order valence-electron chi connectivity index (χ2n) is 6.52. The molecule has 0 aliphatic heterocycles. The Bertz CT molecular complexity index is 1040. The Balaban J connectivity index is 1.76. The van der Waals surface area contributed by atoms with E-state index in [4.69, 9.17) is 11.6 Å². The predicted molar refractivity (Wildman–Crippen MR) is 114 cm³/mol. The van der Waals surface area contributed by atoms with Crippen molar-refractivity contribution >= 4 is 27.5 Å². The number of benzene rings is 3. The zero-order valence-corrected chi connectivity index (χ0v) is 17.2. The summed E-state index contributed by atoms with van der Waals surface area (Å²) in [7, 11) is -3.84. The minimum absolute atomic E-state index is 0.114. The first-order valence-corrected chi connectivity index (χ1v) is 10.9. The van der Waals surface area contributed by atoms with E-state index in [0.29, 0.717) is 5.02 Å². The van der Waals surface area contributed by atoms with Crippen LogP contribution in [-0.4, -0.2) is 20.4 Å². The maximum atomic E-state index is 12.8. The van der Waals surface area contributed by atoms with Gasteiger partial charge in [0.2, 0.25) is 15.9 Å². The van der Waals surface area contributed by atoms with Crippen molar-refractivity contribution in [3.8, 4) is 0 Å². The quantitative estimate of drug-likeness (QED) is 0.576. The fourth-order valence-electron chi connectivity index (χ4n) is 2.81. The minimum atomic E-state index is -3.84. The number of hydrogen-bond donors (Lipinski definition) is 2. The van der Waals surface area contributed by atoms with E-state index in [1.165, 1.54) is 12.1 Å². The van der Waals surface area contributed by atoms with Gasteiger partial charge in [-0.3, -0.25) is 4.79 Å². The smallest absolute Gasteiger partial charge is 0.241 e. The van der Waals surface area contributed by atoms with E-state index in [-0.39, 0.29) is 17.9 Å². The molecule has 0 unspecified atom stereocenters. The number of rotatable bonds is 8. The van der Waals surface area contributed by atoms with Crippen LogP contribution in [0.5, 0.6) is 0 Å². The molecule has 0 radical (unpaired) electrons. The molecule has 150 valence electrons. The number of carbonyl (C=O) groups excluding carboxylic acids is 1. The molecule has 2 N–H and O–H groups in total. The Morgan fingerprint density at radius 1 is 0.828 bits per heavy atom. The zero-order chi connectivity index (χ0) is 20.7. The molecule has 0 aromatic heterocycles. The summed E-state index contributed by atoms with van der Waals surface area (Å²) in [5.74, 6) is -0.400. The van der Waals surface area contributed by atoms with Gasteiger partial charge in [-0.25, -0.2) is 8.42 Å². The Hall–Kier alpha value is -2.67. The number of hydrogen-bond acceptors (Lipinski definition) is 3. The maximum absolute atomic E-state index is 12.8. The number of carbonyl (C=O) groups is 1. The normalized spacial score (nSPS) is 12.3. The topological polar surface area (TPSA) is 75.3 Å². The van der Waals surface area contributed by atoms with Gasteiger partial charge >= 0.3 is 0 Å². The standard InChI is InChI=1S/C22H21ClN2O3S/c23-19-13-11-18(12-14-19)16-24-22(26)21(15-17-7-3-1-4-8-17)25-29(27,28)20-9-5-2-6-10-20/h1-14,21,25H,15-16H2,(H,24,26)/t21-/m0/s1. The highest BCUT2D eigenvalue weighted by atomic mass is 35.5. The Kier molecular flexibility index (Phi) is 7.04. The Morgan fingerprint density at radius 2 is 1.41 bits per heavy atom. The second-order valence-corrected chi connectivity index (χ2v) is 8.67. The van der Waals surface area contributed by atoms with Crippen LogP contribution >= 0.6 is 11.6 Å². The van der Waals surface area contributed by atoms with Gasteiger partial charge < -0.3 is 5.32 Å².